The topological polar surface area (TPSA) is 68.0 Å². The van der Waals surface area contributed by atoms with E-state index in [0.717, 1.165) is 40.6 Å². The normalized spacial score (nSPS) is 10.9. The third kappa shape index (κ3) is 3.92. The summed E-state index contributed by atoms with van der Waals surface area (Å²) in [5.41, 5.74) is 11.3. The van der Waals surface area contributed by atoms with E-state index in [2.05, 4.69) is 37.4 Å². The van der Waals surface area contributed by atoms with E-state index >= 15 is 0 Å². The third-order valence-electron chi connectivity index (χ3n) is 4.54. The van der Waals surface area contributed by atoms with Crippen LogP contribution in [-0.2, 0) is 0 Å². The lowest BCUT2D eigenvalue weighted by Crippen LogP contribution is -2.25. The second-order valence-corrected chi connectivity index (χ2v) is 6.64. The van der Waals surface area contributed by atoms with E-state index in [-0.39, 0.29) is 5.91 Å². The zero-order valence-corrected chi connectivity index (χ0v) is 15.4. The first-order valence-corrected chi connectivity index (χ1v) is 9.06. The highest BCUT2D eigenvalue weighted by Crippen LogP contribution is 2.27. The van der Waals surface area contributed by atoms with Gasteiger partial charge < -0.3 is 11.1 Å². The van der Waals surface area contributed by atoms with Crippen LogP contribution in [-0.4, -0.2) is 24.0 Å². The van der Waals surface area contributed by atoms with Crippen LogP contribution in [0.25, 0.3) is 22.2 Å². The molecule has 4 nitrogen and oxygen atoms in total. The van der Waals surface area contributed by atoms with Gasteiger partial charge in [0.05, 0.1) is 16.8 Å². The maximum absolute atomic E-state index is 12.8. The first-order chi connectivity index (χ1) is 12.6. The molecule has 3 rings (SSSR count). The van der Waals surface area contributed by atoms with Gasteiger partial charge in [0.15, 0.2) is 0 Å². The Labute approximate surface area is 154 Å². The van der Waals surface area contributed by atoms with Gasteiger partial charge in [0.2, 0.25) is 0 Å². The van der Waals surface area contributed by atoms with E-state index in [1.54, 1.807) is 0 Å². The smallest absolute Gasteiger partial charge is 0.252 e. The van der Waals surface area contributed by atoms with Gasteiger partial charge >= 0.3 is 0 Å². The average molecular weight is 347 g/mol. The summed E-state index contributed by atoms with van der Waals surface area (Å²) in [6.45, 7) is 5.42. The molecule has 0 radical (unpaired) electrons. The summed E-state index contributed by atoms with van der Waals surface area (Å²) < 4.78 is 0. The highest BCUT2D eigenvalue weighted by Gasteiger charge is 2.14. The van der Waals surface area contributed by atoms with Gasteiger partial charge in [-0.15, -0.1) is 0 Å². The predicted molar refractivity (Wildman–Crippen MR) is 107 cm³/mol. The Morgan fingerprint density at radius 2 is 1.88 bits per heavy atom. The molecule has 3 N–H and O–H groups in total. The number of pyridine rings is 1. The van der Waals surface area contributed by atoms with E-state index in [4.69, 9.17) is 10.7 Å². The average Bonchev–Trinajstić information content (AvgIpc) is 2.64. The van der Waals surface area contributed by atoms with Crippen LogP contribution < -0.4 is 11.1 Å². The highest BCUT2D eigenvalue weighted by molar-refractivity contribution is 6.07. The Balaban J connectivity index is 2.02. The SMILES string of the molecule is Cc1ccc(-c2cc(C(=O)NCCCCN)c3ccccc3n2)c(C)c1. The molecule has 0 saturated carbocycles. The number of amides is 1. The fourth-order valence-electron chi connectivity index (χ4n) is 3.17. The molecule has 0 atom stereocenters. The van der Waals surface area contributed by atoms with Crippen molar-refractivity contribution in [2.45, 2.75) is 26.7 Å². The summed E-state index contributed by atoms with van der Waals surface area (Å²) in [7, 11) is 0. The number of nitrogens with one attached hydrogen (secondary N) is 1. The van der Waals surface area contributed by atoms with Crippen LogP contribution in [0.5, 0.6) is 0 Å². The number of nitrogens with two attached hydrogens (primary N) is 1. The Morgan fingerprint density at radius 3 is 2.65 bits per heavy atom. The molecular formula is C22H25N3O. The third-order valence-corrected chi connectivity index (χ3v) is 4.54. The summed E-state index contributed by atoms with van der Waals surface area (Å²) in [4.78, 5) is 17.6. The van der Waals surface area contributed by atoms with E-state index in [1.807, 2.05) is 30.3 Å². The Morgan fingerprint density at radius 1 is 1.08 bits per heavy atom. The molecule has 0 aliphatic rings. The molecule has 134 valence electrons. The van der Waals surface area contributed by atoms with Crippen molar-refractivity contribution in [3.8, 4) is 11.3 Å². The number of unbranched alkanes of at least 4 members (excludes halogenated alkanes) is 1. The number of hydrogen-bond acceptors (Lipinski definition) is 3. The summed E-state index contributed by atoms with van der Waals surface area (Å²) in [6, 6.07) is 16.0. The number of aryl methyl sites for hydroxylation is 2. The number of carbonyl (C=O) groups excluding carboxylic acids is 1. The molecule has 0 aliphatic carbocycles. The van der Waals surface area contributed by atoms with Crippen LogP contribution in [0.4, 0.5) is 0 Å². The van der Waals surface area contributed by atoms with Gasteiger partial charge in [0, 0.05) is 17.5 Å². The molecule has 3 aromatic rings. The van der Waals surface area contributed by atoms with Crippen molar-refractivity contribution in [1.29, 1.82) is 0 Å². The van der Waals surface area contributed by atoms with Crippen LogP contribution in [0.2, 0.25) is 0 Å². The fourth-order valence-corrected chi connectivity index (χ4v) is 3.17. The molecule has 26 heavy (non-hydrogen) atoms. The summed E-state index contributed by atoms with van der Waals surface area (Å²) in [6.07, 6.45) is 1.79. The second kappa shape index (κ2) is 8.11. The quantitative estimate of drug-likeness (QED) is 0.663. The van der Waals surface area contributed by atoms with Crippen molar-refractivity contribution in [3.05, 3.63) is 65.2 Å². The monoisotopic (exact) mass is 347 g/mol. The van der Waals surface area contributed by atoms with Crippen molar-refractivity contribution in [2.75, 3.05) is 13.1 Å². The van der Waals surface area contributed by atoms with Crippen molar-refractivity contribution in [2.24, 2.45) is 5.73 Å². The van der Waals surface area contributed by atoms with Crippen LogP contribution in [0.1, 0.15) is 34.3 Å². The summed E-state index contributed by atoms with van der Waals surface area (Å²) in [5, 5.41) is 3.88. The zero-order chi connectivity index (χ0) is 18.5. The first-order valence-electron chi connectivity index (χ1n) is 9.06. The van der Waals surface area contributed by atoms with Crippen LogP contribution in [0, 0.1) is 13.8 Å². The molecule has 0 fully saturated rings. The van der Waals surface area contributed by atoms with Gasteiger partial charge in [-0.05, 0) is 50.9 Å². The predicted octanol–water partition coefficient (Wildman–Crippen LogP) is 3.99. The minimum absolute atomic E-state index is 0.0633. The first kappa shape index (κ1) is 18.1. The summed E-state index contributed by atoms with van der Waals surface area (Å²) in [5.74, 6) is -0.0633. The minimum Gasteiger partial charge on any atom is -0.352 e. The molecule has 0 bridgehead atoms. The number of nitrogens with zero attached hydrogens (tertiary/aromatic N) is 1. The Kier molecular flexibility index (Phi) is 5.64. The number of para-hydroxylation sites is 1. The molecule has 2 aromatic carbocycles. The van der Waals surface area contributed by atoms with Crippen molar-refractivity contribution in [1.82, 2.24) is 10.3 Å². The number of rotatable bonds is 6. The largest absolute Gasteiger partial charge is 0.352 e. The van der Waals surface area contributed by atoms with Gasteiger partial charge in [-0.1, -0.05) is 42.0 Å². The van der Waals surface area contributed by atoms with Crippen molar-refractivity contribution >= 4 is 16.8 Å². The minimum atomic E-state index is -0.0633. The number of carbonyl (C=O) groups is 1. The van der Waals surface area contributed by atoms with Gasteiger partial charge in [0.1, 0.15) is 0 Å². The Bertz CT molecular complexity index is 934. The Hall–Kier alpha value is -2.72. The maximum Gasteiger partial charge on any atom is 0.252 e. The molecule has 0 spiro atoms. The number of benzene rings is 2. The number of fused-ring (bicyclic) bond motifs is 1. The second-order valence-electron chi connectivity index (χ2n) is 6.64. The fraction of sp³-hybridized carbons (Fsp3) is 0.273. The van der Waals surface area contributed by atoms with Crippen LogP contribution in [0.15, 0.2) is 48.5 Å². The van der Waals surface area contributed by atoms with Gasteiger partial charge in [0.25, 0.3) is 5.91 Å². The molecular weight excluding hydrogens is 322 g/mol. The molecule has 0 saturated heterocycles. The summed E-state index contributed by atoms with van der Waals surface area (Å²) >= 11 is 0. The molecule has 1 heterocycles. The zero-order valence-electron chi connectivity index (χ0n) is 15.4. The van der Waals surface area contributed by atoms with E-state index in [0.29, 0.717) is 18.7 Å². The molecule has 0 aliphatic heterocycles. The van der Waals surface area contributed by atoms with Gasteiger partial charge in [-0.25, -0.2) is 4.98 Å². The molecule has 4 heteroatoms. The lowest BCUT2D eigenvalue weighted by molar-refractivity contribution is 0.0954. The lowest BCUT2D eigenvalue weighted by atomic mass is 9.99. The number of hydrogen-bond donors (Lipinski definition) is 2. The lowest BCUT2D eigenvalue weighted by Gasteiger charge is -2.12. The van der Waals surface area contributed by atoms with Crippen LogP contribution >= 0.6 is 0 Å². The van der Waals surface area contributed by atoms with E-state index in [1.165, 1.54) is 5.56 Å². The van der Waals surface area contributed by atoms with Gasteiger partial charge in [-0.3, -0.25) is 4.79 Å². The number of aromatic nitrogens is 1. The van der Waals surface area contributed by atoms with Crippen molar-refractivity contribution in [3.63, 3.8) is 0 Å². The van der Waals surface area contributed by atoms with Gasteiger partial charge in [-0.2, -0.15) is 0 Å². The van der Waals surface area contributed by atoms with E-state index in [9.17, 15) is 4.79 Å². The maximum atomic E-state index is 12.8. The highest BCUT2D eigenvalue weighted by atomic mass is 16.1. The molecule has 1 aromatic heterocycles. The molecule has 1 amide bonds. The standard InChI is InChI=1S/C22H25N3O/c1-15-9-10-17(16(2)13-15)21-14-19(22(26)24-12-6-5-11-23)18-7-3-4-8-20(18)25-21/h3-4,7-10,13-14H,5-6,11-12,23H2,1-2H3,(H,24,26). The van der Waals surface area contributed by atoms with Crippen molar-refractivity contribution < 1.29 is 4.79 Å². The van der Waals surface area contributed by atoms with Crippen LogP contribution in [0.3, 0.4) is 0 Å². The molecule has 0 unspecified atom stereocenters. The van der Waals surface area contributed by atoms with E-state index < -0.39 is 0 Å².